The molecule has 0 spiro atoms. The number of nitrogens with zero attached hydrogens (tertiary/aromatic N) is 1. The highest BCUT2D eigenvalue weighted by Gasteiger charge is 2.28. The van der Waals surface area contributed by atoms with Crippen molar-refractivity contribution in [3.63, 3.8) is 0 Å². The van der Waals surface area contributed by atoms with Crippen molar-refractivity contribution in [1.29, 1.82) is 0 Å². The molecule has 1 saturated carbocycles. The van der Waals surface area contributed by atoms with Crippen LogP contribution in [0.5, 0.6) is 5.75 Å². The van der Waals surface area contributed by atoms with Gasteiger partial charge in [-0.3, -0.25) is 0 Å². The molecular weight excluding hydrogens is 256 g/mol. The normalized spacial score (nSPS) is 14.6. The van der Waals surface area contributed by atoms with Crippen molar-refractivity contribution in [1.82, 2.24) is 4.98 Å². The second-order valence-corrected chi connectivity index (χ2v) is 5.98. The summed E-state index contributed by atoms with van der Waals surface area (Å²) < 4.78 is 5.66. The fourth-order valence-corrected chi connectivity index (χ4v) is 3.04. The summed E-state index contributed by atoms with van der Waals surface area (Å²) in [4.78, 5) is 4.70. The highest BCUT2D eigenvalue weighted by molar-refractivity contribution is 7.16. The summed E-state index contributed by atoms with van der Waals surface area (Å²) in [6, 6.07) is 8.04. The van der Waals surface area contributed by atoms with E-state index in [0.29, 0.717) is 5.92 Å². The van der Waals surface area contributed by atoms with Gasteiger partial charge in [-0.05, 0) is 31.4 Å². The van der Waals surface area contributed by atoms with E-state index in [1.54, 1.807) is 11.3 Å². The molecule has 2 aromatic rings. The zero-order valence-electron chi connectivity index (χ0n) is 11.1. The first-order valence-corrected chi connectivity index (χ1v) is 7.59. The van der Waals surface area contributed by atoms with Crippen molar-refractivity contribution < 1.29 is 4.74 Å². The van der Waals surface area contributed by atoms with E-state index in [1.165, 1.54) is 17.8 Å². The highest BCUT2D eigenvalue weighted by Crippen LogP contribution is 2.45. The summed E-state index contributed by atoms with van der Waals surface area (Å²) in [7, 11) is 0. The van der Waals surface area contributed by atoms with Crippen LogP contribution in [-0.2, 0) is 0 Å². The van der Waals surface area contributed by atoms with Gasteiger partial charge in [-0.15, -0.1) is 11.3 Å². The van der Waals surface area contributed by atoms with Crippen molar-refractivity contribution >= 4 is 16.3 Å². The van der Waals surface area contributed by atoms with E-state index in [1.807, 2.05) is 24.3 Å². The van der Waals surface area contributed by atoms with Crippen molar-refractivity contribution in [2.75, 3.05) is 12.3 Å². The minimum Gasteiger partial charge on any atom is -0.494 e. The summed E-state index contributed by atoms with van der Waals surface area (Å²) >= 11 is 1.63. The van der Waals surface area contributed by atoms with Crippen LogP contribution in [0, 0.1) is 0 Å². The molecule has 4 heteroatoms. The molecule has 0 atom stereocenters. The minimum absolute atomic E-state index is 0.653. The lowest BCUT2D eigenvalue weighted by Gasteiger charge is -2.06. The van der Waals surface area contributed by atoms with Gasteiger partial charge in [0.2, 0.25) is 0 Å². The smallest absolute Gasteiger partial charge is 0.119 e. The molecule has 19 heavy (non-hydrogen) atoms. The first kappa shape index (κ1) is 12.5. The van der Waals surface area contributed by atoms with E-state index in [4.69, 9.17) is 15.5 Å². The fraction of sp³-hybridized carbons (Fsp3) is 0.400. The third-order valence-electron chi connectivity index (χ3n) is 3.18. The molecule has 0 unspecified atom stereocenters. The molecule has 3 rings (SSSR count). The van der Waals surface area contributed by atoms with Gasteiger partial charge in [-0.1, -0.05) is 19.1 Å². The van der Waals surface area contributed by atoms with Crippen LogP contribution >= 0.6 is 11.3 Å². The standard InChI is InChI=1S/C15H18N2OS/c1-2-8-18-12-5-3-4-11(9-12)13-14(16)19-15(17-13)10-6-7-10/h3-5,9-10H,2,6-8,16H2,1H3. The first-order valence-electron chi connectivity index (χ1n) is 6.77. The lowest BCUT2D eigenvalue weighted by atomic mass is 10.1. The minimum atomic E-state index is 0.653. The number of aromatic nitrogens is 1. The Balaban J connectivity index is 1.88. The predicted octanol–water partition coefficient (Wildman–Crippen LogP) is 4.06. The number of nitrogens with two attached hydrogens (primary N) is 1. The summed E-state index contributed by atoms with van der Waals surface area (Å²) in [5.41, 5.74) is 8.07. The molecule has 0 radical (unpaired) electrons. The molecule has 1 aliphatic rings. The molecule has 1 aromatic heterocycles. The van der Waals surface area contributed by atoms with Crippen molar-refractivity contribution in [2.24, 2.45) is 0 Å². The van der Waals surface area contributed by atoms with Crippen molar-refractivity contribution in [3.05, 3.63) is 29.3 Å². The van der Waals surface area contributed by atoms with Crippen LogP contribution in [0.3, 0.4) is 0 Å². The topological polar surface area (TPSA) is 48.1 Å². The molecule has 2 N–H and O–H groups in total. The monoisotopic (exact) mass is 274 g/mol. The zero-order chi connectivity index (χ0) is 13.2. The van der Waals surface area contributed by atoms with E-state index in [0.717, 1.165) is 35.0 Å². The summed E-state index contributed by atoms with van der Waals surface area (Å²) in [6.45, 7) is 2.84. The zero-order valence-corrected chi connectivity index (χ0v) is 11.9. The summed E-state index contributed by atoms with van der Waals surface area (Å²) in [6.07, 6.45) is 3.52. The maximum absolute atomic E-state index is 6.10. The van der Waals surface area contributed by atoms with Crippen LogP contribution in [0.2, 0.25) is 0 Å². The molecule has 1 aliphatic carbocycles. The van der Waals surface area contributed by atoms with Gasteiger partial charge in [0.15, 0.2) is 0 Å². The van der Waals surface area contributed by atoms with E-state index in [9.17, 15) is 0 Å². The molecule has 0 saturated heterocycles. The van der Waals surface area contributed by atoms with Crippen molar-refractivity contribution in [3.8, 4) is 17.0 Å². The maximum Gasteiger partial charge on any atom is 0.119 e. The molecule has 0 amide bonds. The Morgan fingerprint density at radius 2 is 2.26 bits per heavy atom. The van der Waals surface area contributed by atoms with Gasteiger partial charge in [0.05, 0.1) is 11.6 Å². The van der Waals surface area contributed by atoms with E-state index in [2.05, 4.69) is 6.92 Å². The number of anilines is 1. The Kier molecular flexibility index (Phi) is 3.42. The first-order chi connectivity index (χ1) is 9.28. The Hall–Kier alpha value is -1.55. The number of rotatable bonds is 5. The van der Waals surface area contributed by atoms with Crippen LogP contribution in [0.1, 0.15) is 37.1 Å². The average Bonchev–Trinajstić information content (AvgIpc) is 3.20. The van der Waals surface area contributed by atoms with Gasteiger partial charge in [-0.2, -0.15) is 0 Å². The number of nitrogen functional groups attached to an aromatic ring is 1. The molecule has 1 heterocycles. The fourth-order valence-electron chi connectivity index (χ4n) is 2.01. The Bertz CT molecular complexity index is 575. The van der Waals surface area contributed by atoms with Gasteiger partial charge < -0.3 is 10.5 Å². The quantitative estimate of drug-likeness (QED) is 0.894. The molecule has 0 aliphatic heterocycles. The molecule has 1 aromatic carbocycles. The maximum atomic E-state index is 6.10. The Morgan fingerprint density at radius 1 is 1.42 bits per heavy atom. The van der Waals surface area contributed by atoms with Crippen LogP contribution < -0.4 is 10.5 Å². The number of hydrogen-bond acceptors (Lipinski definition) is 4. The van der Waals surface area contributed by atoms with Crippen LogP contribution in [0.4, 0.5) is 5.00 Å². The lowest BCUT2D eigenvalue weighted by molar-refractivity contribution is 0.317. The molecular formula is C15H18N2OS. The predicted molar refractivity (Wildman–Crippen MR) is 79.7 cm³/mol. The van der Waals surface area contributed by atoms with E-state index >= 15 is 0 Å². The second kappa shape index (κ2) is 5.21. The summed E-state index contributed by atoms with van der Waals surface area (Å²) in [5, 5.41) is 2.00. The van der Waals surface area contributed by atoms with E-state index in [-0.39, 0.29) is 0 Å². The van der Waals surface area contributed by atoms with Crippen LogP contribution in [0.25, 0.3) is 11.3 Å². The SMILES string of the molecule is CCCOc1cccc(-c2nc(C3CC3)sc2N)c1. The lowest BCUT2D eigenvalue weighted by Crippen LogP contribution is -1.95. The molecule has 3 nitrogen and oxygen atoms in total. The van der Waals surface area contributed by atoms with Gasteiger partial charge >= 0.3 is 0 Å². The Labute approximate surface area is 117 Å². The largest absolute Gasteiger partial charge is 0.494 e. The average molecular weight is 274 g/mol. The van der Waals surface area contributed by atoms with Crippen molar-refractivity contribution in [2.45, 2.75) is 32.1 Å². The number of ether oxygens (including phenoxy) is 1. The number of benzene rings is 1. The van der Waals surface area contributed by atoms with Gasteiger partial charge in [0, 0.05) is 11.5 Å². The van der Waals surface area contributed by atoms with Gasteiger partial charge in [0.25, 0.3) is 0 Å². The van der Waals surface area contributed by atoms with E-state index < -0.39 is 0 Å². The third kappa shape index (κ3) is 2.73. The number of hydrogen-bond donors (Lipinski definition) is 1. The number of thiazole rings is 1. The summed E-state index contributed by atoms with van der Waals surface area (Å²) in [5.74, 6) is 1.54. The van der Waals surface area contributed by atoms with Crippen LogP contribution in [-0.4, -0.2) is 11.6 Å². The van der Waals surface area contributed by atoms with Crippen LogP contribution in [0.15, 0.2) is 24.3 Å². The second-order valence-electron chi connectivity index (χ2n) is 4.92. The molecule has 1 fully saturated rings. The highest BCUT2D eigenvalue weighted by atomic mass is 32.1. The third-order valence-corrected chi connectivity index (χ3v) is 4.22. The molecule has 100 valence electrons. The van der Waals surface area contributed by atoms with Gasteiger partial charge in [-0.25, -0.2) is 4.98 Å². The molecule has 0 bridgehead atoms. The van der Waals surface area contributed by atoms with Gasteiger partial charge in [0.1, 0.15) is 16.4 Å². The Morgan fingerprint density at radius 3 is 3.00 bits per heavy atom.